The van der Waals surface area contributed by atoms with Crippen LogP contribution in [0.15, 0.2) is 48.5 Å². The lowest BCUT2D eigenvalue weighted by molar-refractivity contribution is 0.506. The summed E-state index contributed by atoms with van der Waals surface area (Å²) >= 11 is 0. The number of rotatable bonds is 5. The minimum Gasteiger partial charge on any atom is -0.324 e. The van der Waals surface area contributed by atoms with Gasteiger partial charge in [-0.3, -0.25) is 0 Å². The van der Waals surface area contributed by atoms with Crippen molar-refractivity contribution in [3.63, 3.8) is 0 Å². The fraction of sp³-hybridized carbons (Fsp3) is 0.400. The average molecular weight is 281 g/mol. The molecule has 0 saturated carbocycles. The van der Waals surface area contributed by atoms with E-state index in [1.54, 1.807) is 0 Å². The van der Waals surface area contributed by atoms with Crippen LogP contribution < -0.4 is 5.73 Å². The van der Waals surface area contributed by atoms with E-state index in [4.69, 9.17) is 5.73 Å². The minimum atomic E-state index is 0.128. The molecule has 0 aliphatic rings. The van der Waals surface area contributed by atoms with Crippen molar-refractivity contribution in [3.05, 3.63) is 59.7 Å². The number of hydrogen-bond donors (Lipinski definition) is 1. The summed E-state index contributed by atoms with van der Waals surface area (Å²) in [4.78, 5) is 0. The first kappa shape index (κ1) is 15.8. The third-order valence-electron chi connectivity index (χ3n) is 4.64. The highest BCUT2D eigenvalue weighted by Gasteiger charge is 2.17. The van der Waals surface area contributed by atoms with Crippen molar-refractivity contribution in [2.24, 2.45) is 5.73 Å². The molecule has 112 valence electrons. The summed E-state index contributed by atoms with van der Waals surface area (Å²) in [6.07, 6.45) is 2.11. The summed E-state index contributed by atoms with van der Waals surface area (Å²) in [5, 5.41) is 0. The Labute approximate surface area is 129 Å². The van der Waals surface area contributed by atoms with Crippen LogP contribution in [0, 0.1) is 0 Å². The zero-order valence-corrected chi connectivity index (χ0v) is 13.7. The Balaban J connectivity index is 2.31. The van der Waals surface area contributed by atoms with Gasteiger partial charge >= 0.3 is 0 Å². The molecular weight excluding hydrogens is 254 g/mol. The molecule has 0 spiro atoms. The lowest BCUT2D eigenvalue weighted by Gasteiger charge is -2.23. The third kappa shape index (κ3) is 3.54. The number of hydrogen-bond acceptors (Lipinski definition) is 1. The predicted molar refractivity (Wildman–Crippen MR) is 92.4 cm³/mol. The van der Waals surface area contributed by atoms with Gasteiger partial charge in [-0.05, 0) is 46.6 Å². The molecule has 0 bridgehead atoms. The Bertz CT molecular complexity index is 581. The first-order chi connectivity index (χ1) is 9.97. The maximum absolute atomic E-state index is 6.14. The Morgan fingerprint density at radius 3 is 2.19 bits per heavy atom. The fourth-order valence-corrected chi connectivity index (χ4v) is 2.50. The molecule has 2 N–H and O–H groups in total. The van der Waals surface area contributed by atoms with E-state index in [-0.39, 0.29) is 11.5 Å². The molecule has 0 aliphatic carbocycles. The SMILES string of the molecule is CCC(N)c1cccc(-c2ccc(C(C)(C)CC)cc2)c1. The van der Waals surface area contributed by atoms with Crippen molar-refractivity contribution in [1.82, 2.24) is 0 Å². The lowest BCUT2D eigenvalue weighted by atomic mass is 9.82. The van der Waals surface area contributed by atoms with E-state index < -0.39 is 0 Å². The largest absolute Gasteiger partial charge is 0.324 e. The Hall–Kier alpha value is -1.60. The van der Waals surface area contributed by atoms with Crippen LogP contribution in [0.3, 0.4) is 0 Å². The number of benzene rings is 2. The predicted octanol–water partition coefficient (Wildman–Crippen LogP) is 5.45. The molecule has 0 heterocycles. The van der Waals surface area contributed by atoms with Gasteiger partial charge in [-0.15, -0.1) is 0 Å². The summed E-state index contributed by atoms with van der Waals surface area (Å²) in [5.41, 5.74) is 11.5. The van der Waals surface area contributed by atoms with Crippen LogP contribution >= 0.6 is 0 Å². The van der Waals surface area contributed by atoms with E-state index in [9.17, 15) is 0 Å². The second-order valence-electron chi connectivity index (χ2n) is 6.45. The molecule has 1 heteroatoms. The first-order valence-electron chi connectivity index (χ1n) is 7.94. The van der Waals surface area contributed by atoms with Gasteiger partial charge in [0.25, 0.3) is 0 Å². The summed E-state index contributed by atoms with van der Waals surface area (Å²) in [5.74, 6) is 0. The zero-order chi connectivity index (χ0) is 15.5. The maximum Gasteiger partial charge on any atom is 0.0292 e. The summed E-state index contributed by atoms with van der Waals surface area (Å²) < 4.78 is 0. The summed E-state index contributed by atoms with van der Waals surface area (Å²) in [7, 11) is 0. The van der Waals surface area contributed by atoms with Crippen LogP contribution in [0.1, 0.15) is 57.7 Å². The van der Waals surface area contributed by atoms with Crippen molar-refractivity contribution in [3.8, 4) is 11.1 Å². The molecule has 0 saturated heterocycles. The van der Waals surface area contributed by atoms with Crippen molar-refractivity contribution in [1.29, 1.82) is 0 Å². The van der Waals surface area contributed by atoms with Gasteiger partial charge in [-0.25, -0.2) is 0 Å². The quantitative estimate of drug-likeness (QED) is 0.774. The molecule has 1 unspecified atom stereocenters. The second-order valence-corrected chi connectivity index (χ2v) is 6.45. The highest BCUT2D eigenvalue weighted by atomic mass is 14.6. The molecule has 21 heavy (non-hydrogen) atoms. The van der Waals surface area contributed by atoms with Crippen LogP contribution in [-0.2, 0) is 5.41 Å². The first-order valence-corrected chi connectivity index (χ1v) is 7.94. The van der Waals surface area contributed by atoms with E-state index in [1.165, 1.54) is 22.3 Å². The van der Waals surface area contributed by atoms with Gasteiger partial charge in [0, 0.05) is 6.04 Å². The highest BCUT2D eigenvalue weighted by Crippen LogP contribution is 2.29. The molecule has 0 aliphatic heterocycles. The average Bonchev–Trinajstić information content (AvgIpc) is 2.54. The van der Waals surface area contributed by atoms with Crippen LogP contribution in [0.2, 0.25) is 0 Å². The molecule has 0 amide bonds. The topological polar surface area (TPSA) is 26.0 Å². The van der Waals surface area contributed by atoms with Gasteiger partial charge in [0.15, 0.2) is 0 Å². The lowest BCUT2D eigenvalue weighted by Crippen LogP contribution is -2.14. The van der Waals surface area contributed by atoms with Crippen LogP contribution in [-0.4, -0.2) is 0 Å². The van der Waals surface area contributed by atoms with Gasteiger partial charge < -0.3 is 5.73 Å². The normalized spacial score (nSPS) is 13.2. The monoisotopic (exact) mass is 281 g/mol. The molecule has 2 aromatic carbocycles. The van der Waals surface area contributed by atoms with E-state index in [0.29, 0.717) is 0 Å². The fourth-order valence-electron chi connectivity index (χ4n) is 2.50. The van der Waals surface area contributed by atoms with Crippen LogP contribution in [0.25, 0.3) is 11.1 Å². The molecule has 0 aromatic heterocycles. The van der Waals surface area contributed by atoms with Gasteiger partial charge in [0.05, 0.1) is 0 Å². The van der Waals surface area contributed by atoms with Crippen molar-refractivity contribution >= 4 is 0 Å². The molecule has 0 fully saturated rings. The molecular formula is C20H27N. The molecule has 0 radical (unpaired) electrons. The van der Waals surface area contributed by atoms with Gasteiger partial charge in [-0.2, -0.15) is 0 Å². The summed E-state index contributed by atoms with van der Waals surface area (Å²) in [6, 6.07) is 17.7. The smallest absolute Gasteiger partial charge is 0.0292 e. The minimum absolute atomic E-state index is 0.128. The molecule has 1 atom stereocenters. The molecule has 2 rings (SSSR count). The Kier molecular flexibility index (Phi) is 4.84. The molecule has 2 aromatic rings. The van der Waals surface area contributed by atoms with Gasteiger partial charge in [0.2, 0.25) is 0 Å². The van der Waals surface area contributed by atoms with E-state index >= 15 is 0 Å². The Morgan fingerprint density at radius 2 is 1.62 bits per heavy atom. The second kappa shape index (κ2) is 6.44. The Morgan fingerprint density at radius 1 is 0.952 bits per heavy atom. The van der Waals surface area contributed by atoms with E-state index in [1.807, 2.05) is 0 Å². The van der Waals surface area contributed by atoms with Crippen LogP contribution in [0.5, 0.6) is 0 Å². The zero-order valence-electron chi connectivity index (χ0n) is 13.7. The van der Waals surface area contributed by atoms with Crippen molar-refractivity contribution in [2.75, 3.05) is 0 Å². The third-order valence-corrected chi connectivity index (χ3v) is 4.64. The summed E-state index contributed by atoms with van der Waals surface area (Å²) in [6.45, 7) is 8.95. The van der Waals surface area contributed by atoms with Gasteiger partial charge in [0.1, 0.15) is 0 Å². The molecule has 1 nitrogen and oxygen atoms in total. The van der Waals surface area contributed by atoms with Crippen molar-refractivity contribution in [2.45, 2.75) is 52.0 Å². The van der Waals surface area contributed by atoms with Crippen molar-refractivity contribution < 1.29 is 0 Å². The van der Waals surface area contributed by atoms with Crippen LogP contribution in [0.4, 0.5) is 0 Å². The maximum atomic E-state index is 6.14. The number of nitrogens with two attached hydrogens (primary N) is 1. The standard InChI is InChI=1S/C20H27N/c1-5-19(21)17-9-7-8-16(14-17)15-10-12-18(13-11-15)20(3,4)6-2/h7-14,19H,5-6,21H2,1-4H3. The van der Waals surface area contributed by atoms with Gasteiger partial charge in [-0.1, -0.05) is 70.2 Å². The van der Waals surface area contributed by atoms with E-state index in [2.05, 4.69) is 76.2 Å². The highest BCUT2D eigenvalue weighted by molar-refractivity contribution is 5.64. The van der Waals surface area contributed by atoms with E-state index in [0.717, 1.165) is 12.8 Å².